The first kappa shape index (κ1) is 14.7. The van der Waals surface area contributed by atoms with Gasteiger partial charge in [-0.25, -0.2) is 0 Å². The Balaban J connectivity index is 2.22. The molecule has 0 unspecified atom stereocenters. The normalized spacial score (nSPS) is 9.79. The quantitative estimate of drug-likeness (QED) is 0.703. The summed E-state index contributed by atoms with van der Waals surface area (Å²) in [5.41, 5.74) is 0. The molecule has 0 aliphatic carbocycles. The Morgan fingerprint density at radius 3 is 2.63 bits per heavy atom. The van der Waals surface area contributed by atoms with Crippen LogP contribution in [0.5, 0.6) is 0 Å². The molecular formula is C11H15N3O5. The van der Waals surface area contributed by atoms with Crippen molar-refractivity contribution in [2.45, 2.75) is 19.8 Å². The van der Waals surface area contributed by atoms with Crippen LogP contribution in [0.1, 0.15) is 18.6 Å². The molecule has 2 N–H and O–H groups in total. The topological polar surface area (TPSA) is 111 Å². The molecule has 0 aliphatic rings. The summed E-state index contributed by atoms with van der Waals surface area (Å²) in [6.07, 6.45) is -0.0462. The van der Waals surface area contributed by atoms with E-state index < -0.39 is 17.8 Å². The zero-order valence-electron chi connectivity index (χ0n) is 10.7. The molecule has 0 saturated heterocycles. The van der Waals surface area contributed by atoms with Crippen LogP contribution in [0.4, 0.5) is 5.82 Å². The minimum Gasteiger partial charge on any atom is -0.469 e. The van der Waals surface area contributed by atoms with Crippen LogP contribution in [0.15, 0.2) is 10.6 Å². The van der Waals surface area contributed by atoms with Crippen LogP contribution in [0.2, 0.25) is 0 Å². The minimum atomic E-state index is -0.474. The summed E-state index contributed by atoms with van der Waals surface area (Å²) in [6.45, 7) is 1.49. The molecule has 0 radical (unpaired) electrons. The number of aromatic nitrogens is 1. The van der Waals surface area contributed by atoms with Crippen LogP contribution < -0.4 is 10.6 Å². The van der Waals surface area contributed by atoms with Crippen LogP contribution in [-0.2, 0) is 19.1 Å². The lowest BCUT2D eigenvalue weighted by Gasteiger charge is -2.04. The number of amides is 2. The first-order valence-electron chi connectivity index (χ1n) is 5.58. The van der Waals surface area contributed by atoms with Gasteiger partial charge in [0.05, 0.1) is 20.1 Å². The van der Waals surface area contributed by atoms with Crippen molar-refractivity contribution < 1.29 is 23.6 Å². The number of carbonyl (C=O) groups is 3. The number of hydrogen-bond donors (Lipinski definition) is 2. The van der Waals surface area contributed by atoms with Crippen molar-refractivity contribution in [3.8, 4) is 0 Å². The van der Waals surface area contributed by atoms with Crippen LogP contribution in [0.3, 0.4) is 0 Å². The van der Waals surface area contributed by atoms with E-state index >= 15 is 0 Å². The van der Waals surface area contributed by atoms with Crippen molar-refractivity contribution in [1.82, 2.24) is 10.5 Å². The second-order valence-electron chi connectivity index (χ2n) is 3.72. The van der Waals surface area contributed by atoms with Gasteiger partial charge in [-0.1, -0.05) is 5.16 Å². The van der Waals surface area contributed by atoms with Crippen molar-refractivity contribution in [3.05, 3.63) is 11.8 Å². The molecule has 1 rings (SSSR count). The van der Waals surface area contributed by atoms with Gasteiger partial charge in [-0.15, -0.1) is 0 Å². The number of rotatable bonds is 6. The van der Waals surface area contributed by atoms with Gasteiger partial charge in [0.25, 0.3) is 0 Å². The van der Waals surface area contributed by atoms with E-state index in [2.05, 4.69) is 20.5 Å². The van der Waals surface area contributed by atoms with Crippen LogP contribution in [0, 0.1) is 6.92 Å². The summed E-state index contributed by atoms with van der Waals surface area (Å²) in [5.74, 6) is -0.460. The van der Waals surface area contributed by atoms with Crippen LogP contribution >= 0.6 is 0 Å². The lowest BCUT2D eigenvalue weighted by Crippen LogP contribution is -2.33. The summed E-state index contributed by atoms with van der Waals surface area (Å²) in [6, 6.07) is 1.55. The number of ether oxygens (including phenoxy) is 1. The summed E-state index contributed by atoms with van der Waals surface area (Å²) in [7, 11) is 1.24. The third-order valence-electron chi connectivity index (χ3n) is 2.13. The Morgan fingerprint density at radius 2 is 2.05 bits per heavy atom. The predicted octanol–water partition coefficient (Wildman–Crippen LogP) is -0.00908. The molecule has 0 aliphatic heterocycles. The number of esters is 1. The fourth-order valence-electron chi connectivity index (χ4n) is 1.20. The fraction of sp³-hybridized carbons (Fsp3) is 0.455. The Labute approximate surface area is 109 Å². The van der Waals surface area contributed by atoms with E-state index in [9.17, 15) is 14.4 Å². The number of aryl methyl sites for hydroxylation is 1. The maximum atomic E-state index is 11.4. The van der Waals surface area contributed by atoms with Crippen LogP contribution in [0.25, 0.3) is 0 Å². The maximum absolute atomic E-state index is 11.4. The lowest BCUT2D eigenvalue weighted by molar-refractivity contribution is -0.142. The number of nitrogens with zero attached hydrogens (tertiary/aromatic N) is 1. The largest absolute Gasteiger partial charge is 0.469 e. The number of nitrogens with one attached hydrogen (secondary N) is 2. The highest BCUT2D eigenvalue weighted by Crippen LogP contribution is 2.06. The van der Waals surface area contributed by atoms with Gasteiger partial charge in [0, 0.05) is 12.5 Å². The lowest BCUT2D eigenvalue weighted by atomic mass is 10.3. The first-order chi connectivity index (χ1) is 9.01. The molecule has 19 heavy (non-hydrogen) atoms. The molecular weight excluding hydrogens is 254 g/mol. The van der Waals surface area contributed by atoms with Gasteiger partial charge >= 0.3 is 5.97 Å². The van der Waals surface area contributed by atoms with Gasteiger partial charge in [0.15, 0.2) is 5.82 Å². The Hall–Kier alpha value is -2.38. The van der Waals surface area contributed by atoms with E-state index in [1.807, 2.05) is 0 Å². The van der Waals surface area contributed by atoms with Gasteiger partial charge in [-0.3, -0.25) is 14.4 Å². The third-order valence-corrected chi connectivity index (χ3v) is 2.13. The summed E-state index contributed by atoms with van der Waals surface area (Å²) in [4.78, 5) is 33.5. The Morgan fingerprint density at radius 1 is 1.32 bits per heavy atom. The maximum Gasteiger partial charge on any atom is 0.306 e. The van der Waals surface area contributed by atoms with E-state index in [0.717, 1.165) is 0 Å². The standard InChI is InChI=1S/C11H15N3O5/c1-7-5-8(14-19-7)13-10(16)6-12-9(15)3-4-11(17)18-2/h5H,3-4,6H2,1-2H3,(H,12,15)(H,13,14,16). The van der Waals surface area contributed by atoms with E-state index in [1.54, 1.807) is 13.0 Å². The molecule has 0 atom stereocenters. The van der Waals surface area contributed by atoms with Crippen molar-refractivity contribution >= 4 is 23.6 Å². The molecule has 8 nitrogen and oxygen atoms in total. The fourth-order valence-corrected chi connectivity index (χ4v) is 1.20. The molecule has 0 saturated carbocycles. The van der Waals surface area contributed by atoms with Crippen molar-refractivity contribution in [2.75, 3.05) is 19.0 Å². The highest BCUT2D eigenvalue weighted by Gasteiger charge is 2.10. The van der Waals surface area contributed by atoms with Gasteiger partial charge < -0.3 is 19.9 Å². The second kappa shape index (κ2) is 7.14. The predicted molar refractivity (Wildman–Crippen MR) is 64.1 cm³/mol. The molecule has 0 aromatic carbocycles. The summed E-state index contributed by atoms with van der Waals surface area (Å²) < 4.78 is 9.16. The molecule has 1 aromatic heterocycles. The number of carbonyl (C=O) groups excluding carboxylic acids is 3. The zero-order valence-corrected chi connectivity index (χ0v) is 10.7. The SMILES string of the molecule is COC(=O)CCC(=O)NCC(=O)Nc1cc(C)on1. The van der Waals surface area contributed by atoms with Crippen molar-refractivity contribution in [2.24, 2.45) is 0 Å². The first-order valence-corrected chi connectivity index (χ1v) is 5.58. The molecule has 1 aromatic rings. The van der Waals surface area contributed by atoms with Gasteiger partial charge in [-0.05, 0) is 6.92 Å². The smallest absolute Gasteiger partial charge is 0.306 e. The van der Waals surface area contributed by atoms with E-state index in [1.165, 1.54) is 7.11 Å². The third kappa shape index (κ3) is 5.66. The van der Waals surface area contributed by atoms with Crippen molar-refractivity contribution in [3.63, 3.8) is 0 Å². The summed E-state index contributed by atoms with van der Waals surface area (Å²) in [5, 5.41) is 8.39. The highest BCUT2D eigenvalue weighted by atomic mass is 16.5. The molecule has 1 heterocycles. The molecule has 104 valence electrons. The van der Waals surface area contributed by atoms with Crippen molar-refractivity contribution in [1.29, 1.82) is 0 Å². The zero-order chi connectivity index (χ0) is 14.3. The summed E-state index contributed by atoms with van der Waals surface area (Å²) >= 11 is 0. The minimum absolute atomic E-state index is 0.0214. The molecule has 8 heteroatoms. The van der Waals surface area contributed by atoms with Gasteiger partial charge in [0.2, 0.25) is 11.8 Å². The molecule has 2 amide bonds. The Kier molecular flexibility index (Phi) is 5.52. The second-order valence-corrected chi connectivity index (χ2v) is 3.72. The number of anilines is 1. The van der Waals surface area contributed by atoms with E-state index in [-0.39, 0.29) is 25.2 Å². The number of methoxy groups -OCH3 is 1. The van der Waals surface area contributed by atoms with E-state index in [4.69, 9.17) is 4.52 Å². The average Bonchev–Trinajstić information content (AvgIpc) is 2.78. The molecule has 0 bridgehead atoms. The molecule has 0 spiro atoms. The number of hydrogen-bond acceptors (Lipinski definition) is 6. The van der Waals surface area contributed by atoms with Crippen LogP contribution in [-0.4, -0.2) is 36.6 Å². The van der Waals surface area contributed by atoms with E-state index in [0.29, 0.717) is 5.76 Å². The monoisotopic (exact) mass is 269 g/mol. The molecule has 0 fully saturated rings. The van der Waals surface area contributed by atoms with Gasteiger partial charge in [0.1, 0.15) is 5.76 Å². The van der Waals surface area contributed by atoms with Gasteiger partial charge in [-0.2, -0.15) is 0 Å². The highest BCUT2D eigenvalue weighted by molar-refractivity contribution is 5.94. The Bertz CT molecular complexity index is 469. The average molecular weight is 269 g/mol.